The second-order valence-corrected chi connectivity index (χ2v) is 6.80. The Bertz CT molecular complexity index is 910. The Morgan fingerprint density at radius 3 is 2.96 bits per heavy atom. The molecule has 0 radical (unpaired) electrons. The smallest absolute Gasteiger partial charge is 0.307 e. The van der Waals surface area contributed by atoms with Crippen LogP contribution in [0.1, 0.15) is 12.1 Å². The second-order valence-electron chi connectivity index (χ2n) is 4.95. The maximum absolute atomic E-state index is 12.0. The summed E-state index contributed by atoms with van der Waals surface area (Å²) in [4.78, 5) is 28.0. The Hall–Kier alpha value is -2.19. The molecule has 0 aliphatic rings. The van der Waals surface area contributed by atoms with Crippen molar-refractivity contribution in [2.24, 2.45) is 0 Å². The van der Waals surface area contributed by atoms with E-state index in [2.05, 4.69) is 10.3 Å². The molecule has 8 heteroatoms. The van der Waals surface area contributed by atoms with Crippen LogP contribution in [0.5, 0.6) is 5.75 Å². The predicted octanol–water partition coefficient (Wildman–Crippen LogP) is 2.87. The maximum Gasteiger partial charge on any atom is 0.307 e. The quantitative estimate of drug-likeness (QED) is 0.769. The van der Waals surface area contributed by atoms with Crippen LogP contribution in [0.15, 0.2) is 28.4 Å². The van der Waals surface area contributed by atoms with Gasteiger partial charge in [0.05, 0.1) is 17.3 Å². The summed E-state index contributed by atoms with van der Waals surface area (Å²) in [6.45, 7) is 2.23. The minimum Gasteiger partial charge on any atom is -0.497 e. The lowest BCUT2D eigenvalue weighted by Crippen LogP contribution is -2.20. The molecule has 1 aromatic carbocycles. The molecule has 0 aliphatic heterocycles. The van der Waals surface area contributed by atoms with E-state index in [9.17, 15) is 9.59 Å². The maximum atomic E-state index is 12.0. The lowest BCUT2D eigenvalue weighted by molar-refractivity contribution is -0.116. The summed E-state index contributed by atoms with van der Waals surface area (Å²) in [7, 11) is 1.61. The van der Waals surface area contributed by atoms with Gasteiger partial charge in [0.25, 0.3) is 0 Å². The molecule has 6 nitrogen and oxygen atoms in total. The molecule has 0 fully saturated rings. The number of nitrogens with one attached hydrogen (secondary N) is 1. The minimum absolute atomic E-state index is 0.0395. The summed E-state index contributed by atoms with van der Waals surface area (Å²) in [5, 5.41) is 5.13. The largest absolute Gasteiger partial charge is 0.497 e. The fourth-order valence-electron chi connectivity index (χ4n) is 2.16. The monoisotopic (exact) mass is 349 g/mol. The number of anilines is 1. The predicted molar refractivity (Wildman–Crippen MR) is 92.7 cm³/mol. The fraction of sp³-hybridized carbons (Fsp3) is 0.267. The van der Waals surface area contributed by atoms with Gasteiger partial charge in [0, 0.05) is 24.0 Å². The molecule has 0 saturated heterocycles. The first kappa shape index (κ1) is 15.7. The second kappa shape index (κ2) is 6.51. The zero-order chi connectivity index (χ0) is 16.4. The normalized spacial score (nSPS) is 10.9. The van der Waals surface area contributed by atoms with E-state index in [-0.39, 0.29) is 17.2 Å². The Labute approximate surface area is 140 Å². The summed E-state index contributed by atoms with van der Waals surface area (Å²) < 4.78 is 7.73. The molecule has 23 heavy (non-hydrogen) atoms. The number of aromatic nitrogens is 2. The molecule has 0 unspecified atom stereocenters. The summed E-state index contributed by atoms with van der Waals surface area (Å²) in [5.41, 5.74) is 1.69. The van der Waals surface area contributed by atoms with Crippen molar-refractivity contribution in [2.75, 3.05) is 12.4 Å². The highest BCUT2D eigenvalue weighted by Crippen LogP contribution is 2.29. The Kier molecular flexibility index (Phi) is 4.44. The van der Waals surface area contributed by atoms with Gasteiger partial charge in [-0.15, -0.1) is 0 Å². The number of fused-ring (bicyclic) bond motifs is 1. The number of carbonyl (C=O) groups excluding carboxylic acids is 1. The van der Waals surface area contributed by atoms with Gasteiger partial charge in [-0.2, -0.15) is 0 Å². The van der Waals surface area contributed by atoms with Gasteiger partial charge in [0.1, 0.15) is 5.75 Å². The molecule has 0 aliphatic carbocycles. The zero-order valence-corrected chi connectivity index (χ0v) is 14.3. The molecule has 2 heterocycles. The number of rotatable bonds is 5. The van der Waals surface area contributed by atoms with Gasteiger partial charge < -0.3 is 14.6 Å². The lowest BCUT2D eigenvalue weighted by Gasteiger charge is -2.04. The summed E-state index contributed by atoms with van der Waals surface area (Å²) in [6, 6.07) is 5.57. The van der Waals surface area contributed by atoms with Crippen LogP contribution in [0.2, 0.25) is 0 Å². The van der Waals surface area contributed by atoms with Gasteiger partial charge in [0.15, 0.2) is 5.13 Å². The summed E-state index contributed by atoms with van der Waals surface area (Å²) >= 11 is 2.54. The summed E-state index contributed by atoms with van der Waals surface area (Å²) in [6.07, 6.45) is 0.233. The van der Waals surface area contributed by atoms with Crippen LogP contribution in [0.4, 0.5) is 5.13 Å². The van der Waals surface area contributed by atoms with Crippen molar-refractivity contribution in [3.8, 4) is 5.75 Å². The van der Waals surface area contributed by atoms with E-state index in [0.717, 1.165) is 33.0 Å². The van der Waals surface area contributed by atoms with Gasteiger partial charge in [-0.3, -0.25) is 9.59 Å². The highest BCUT2D eigenvalue weighted by Gasteiger charge is 2.10. The van der Waals surface area contributed by atoms with Crippen molar-refractivity contribution < 1.29 is 9.53 Å². The van der Waals surface area contributed by atoms with E-state index in [4.69, 9.17) is 4.74 Å². The SMILES string of the molecule is COc1ccc2nc(NC(=O)CCn3c(C)csc3=O)sc2c1. The molecule has 2 aromatic heterocycles. The number of thiazole rings is 2. The Morgan fingerprint density at radius 1 is 1.43 bits per heavy atom. The number of aryl methyl sites for hydroxylation is 1. The standard InChI is InChI=1S/C15H15N3O3S2/c1-9-8-22-15(20)18(9)6-5-13(19)17-14-16-11-4-3-10(21-2)7-12(11)23-14/h3-4,7-8H,5-6H2,1-2H3,(H,16,17,19). The number of nitrogens with zero attached hydrogens (tertiary/aromatic N) is 2. The molecule has 0 bridgehead atoms. The summed E-state index contributed by atoms with van der Waals surface area (Å²) in [5.74, 6) is 0.597. The highest BCUT2D eigenvalue weighted by atomic mass is 32.1. The average Bonchev–Trinajstić information content (AvgIpc) is 3.07. The third kappa shape index (κ3) is 3.43. The molecular weight excluding hydrogens is 334 g/mol. The number of carbonyl (C=O) groups is 1. The van der Waals surface area contributed by atoms with Crippen LogP contribution >= 0.6 is 22.7 Å². The van der Waals surface area contributed by atoms with Crippen LogP contribution in [0, 0.1) is 6.92 Å². The minimum atomic E-state index is -0.159. The lowest BCUT2D eigenvalue weighted by atomic mass is 10.3. The van der Waals surface area contributed by atoms with Gasteiger partial charge in [0.2, 0.25) is 5.91 Å². The van der Waals surface area contributed by atoms with E-state index in [0.29, 0.717) is 11.7 Å². The Balaban J connectivity index is 1.67. The van der Waals surface area contributed by atoms with Crippen molar-refractivity contribution in [3.63, 3.8) is 0 Å². The zero-order valence-electron chi connectivity index (χ0n) is 12.7. The fourth-order valence-corrected chi connectivity index (χ4v) is 3.83. The number of hydrogen-bond donors (Lipinski definition) is 1. The number of amides is 1. The van der Waals surface area contributed by atoms with Gasteiger partial charge in [-0.25, -0.2) is 4.98 Å². The van der Waals surface area contributed by atoms with Gasteiger partial charge >= 0.3 is 4.87 Å². The number of ether oxygens (including phenoxy) is 1. The van der Waals surface area contributed by atoms with Crippen molar-refractivity contribution >= 4 is 43.9 Å². The number of benzene rings is 1. The van der Waals surface area contributed by atoms with E-state index < -0.39 is 0 Å². The third-order valence-electron chi connectivity index (χ3n) is 3.38. The molecule has 1 amide bonds. The molecule has 0 spiro atoms. The van der Waals surface area contributed by atoms with Crippen molar-refractivity contribution in [1.29, 1.82) is 0 Å². The van der Waals surface area contributed by atoms with Crippen LogP contribution in [0.25, 0.3) is 10.2 Å². The topological polar surface area (TPSA) is 73.2 Å². The van der Waals surface area contributed by atoms with Crippen molar-refractivity contribution in [3.05, 3.63) is 38.9 Å². The third-order valence-corrected chi connectivity index (χ3v) is 5.20. The van der Waals surface area contributed by atoms with Crippen LogP contribution in [-0.4, -0.2) is 22.6 Å². The molecule has 1 N–H and O–H groups in total. The average molecular weight is 349 g/mol. The van der Waals surface area contributed by atoms with Crippen LogP contribution < -0.4 is 14.9 Å². The molecule has 0 atom stereocenters. The van der Waals surface area contributed by atoms with Gasteiger partial charge in [-0.05, 0) is 25.1 Å². The van der Waals surface area contributed by atoms with E-state index in [1.54, 1.807) is 17.1 Å². The molecule has 3 aromatic rings. The van der Waals surface area contributed by atoms with Crippen molar-refractivity contribution in [1.82, 2.24) is 9.55 Å². The Morgan fingerprint density at radius 2 is 2.26 bits per heavy atom. The first-order valence-corrected chi connectivity index (χ1v) is 8.66. The first-order valence-electron chi connectivity index (χ1n) is 6.96. The molecule has 3 rings (SSSR count). The molecule has 120 valence electrons. The van der Waals surface area contributed by atoms with Crippen molar-refractivity contribution in [2.45, 2.75) is 19.9 Å². The number of methoxy groups -OCH3 is 1. The van der Waals surface area contributed by atoms with Crippen LogP contribution in [-0.2, 0) is 11.3 Å². The van der Waals surface area contributed by atoms with E-state index in [1.807, 2.05) is 25.1 Å². The van der Waals surface area contributed by atoms with Gasteiger partial charge in [-0.1, -0.05) is 22.7 Å². The van der Waals surface area contributed by atoms with E-state index in [1.165, 1.54) is 11.3 Å². The molecule has 0 saturated carbocycles. The number of hydrogen-bond acceptors (Lipinski definition) is 6. The van der Waals surface area contributed by atoms with Crippen LogP contribution in [0.3, 0.4) is 0 Å². The van der Waals surface area contributed by atoms with E-state index >= 15 is 0 Å². The highest BCUT2D eigenvalue weighted by molar-refractivity contribution is 7.22. The molecular formula is C15H15N3O3S2. The first-order chi connectivity index (χ1) is 11.1.